The van der Waals surface area contributed by atoms with Crippen LogP contribution >= 0.6 is 0 Å². The van der Waals surface area contributed by atoms with Gasteiger partial charge in [0, 0.05) is 58.2 Å². The molecule has 1 amide bonds. The van der Waals surface area contributed by atoms with Gasteiger partial charge in [0.1, 0.15) is 0 Å². The van der Waals surface area contributed by atoms with E-state index in [0.717, 1.165) is 51.1 Å². The molecule has 3 rings (SSSR count). The molecule has 0 aromatic carbocycles. The summed E-state index contributed by atoms with van der Waals surface area (Å²) in [5, 5.41) is 10.7. The summed E-state index contributed by atoms with van der Waals surface area (Å²) in [6.45, 7) is 4.54. The summed E-state index contributed by atoms with van der Waals surface area (Å²) in [6.07, 6.45) is 4.46. The maximum absolute atomic E-state index is 11.9. The molecule has 2 aliphatic heterocycles. The molecule has 0 bridgehead atoms. The Morgan fingerprint density at radius 2 is 2.15 bits per heavy atom. The van der Waals surface area contributed by atoms with E-state index in [9.17, 15) is 14.9 Å². The second-order valence-electron chi connectivity index (χ2n) is 6.65. The molecule has 0 saturated carbocycles. The maximum Gasteiger partial charge on any atom is 0.363 e. The van der Waals surface area contributed by atoms with Crippen LogP contribution in [0.3, 0.4) is 0 Å². The number of amides is 1. The maximum atomic E-state index is 11.9. The first kappa shape index (κ1) is 19.5. The lowest BCUT2D eigenvalue weighted by Gasteiger charge is -2.35. The molecule has 3 heterocycles. The number of rotatable bonds is 7. The Bertz CT molecular complexity index is 627. The summed E-state index contributed by atoms with van der Waals surface area (Å²) in [5.74, 6) is -0.296. The Morgan fingerprint density at radius 3 is 2.78 bits per heavy atom. The largest absolute Gasteiger partial charge is 0.366 e. The van der Waals surface area contributed by atoms with Gasteiger partial charge in [-0.3, -0.25) is 9.69 Å². The topological polar surface area (TPSA) is 110 Å². The predicted octanol–water partition coefficient (Wildman–Crippen LogP) is 1.08. The normalized spacial score (nSPS) is 21.0. The molecule has 10 heteroatoms. The van der Waals surface area contributed by atoms with Crippen molar-refractivity contribution >= 4 is 17.4 Å². The zero-order valence-electron chi connectivity index (χ0n) is 15.2. The van der Waals surface area contributed by atoms with Crippen LogP contribution in [0.5, 0.6) is 0 Å². The Labute approximate surface area is 157 Å². The van der Waals surface area contributed by atoms with E-state index in [0.29, 0.717) is 19.6 Å². The van der Waals surface area contributed by atoms with Gasteiger partial charge in [-0.05, 0) is 28.8 Å². The zero-order chi connectivity index (χ0) is 19.1. The van der Waals surface area contributed by atoms with Gasteiger partial charge in [-0.25, -0.2) is 10.3 Å². The van der Waals surface area contributed by atoms with Crippen molar-refractivity contribution in [3.05, 3.63) is 28.4 Å². The third-order valence-electron chi connectivity index (χ3n) is 4.75. The molecule has 2 fully saturated rings. The minimum absolute atomic E-state index is 0.147. The van der Waals surface area contributed by atoms with Crippen molar-refractivity contribution in [2.45, 2.75) is 32.0 Å². The first-order valence-electron chi connectivity index (χ1n) is 9.25. The second-order valence-corrected chi connectivity index (χ2v) is 6.65. The number of ether oxygens (including phenoxy) is 1. The molecule has 1 aromatic heterocycles. The van der Waals surface area contributed by atoms with Gasteiger partial charge in [-0.2, -0.15) is 0 Å². The summed E-state index contributed by atoms with van der Waals surface area (Å²) in [4.78, 5) is 35.6. The molecular formula is C17H25N5O5. The zero-order valence-corrected chi connectivity index (χ0v) is 15.2. The van der Waals surface area contributed by atoms with E-state index in [4.69, 9.17) is 9.57 Å². The first-order valence-corrected chi connectivity index (χ1v) is 9.25. The van der Waals surface area contributed by atoms with Crippen molar-refractivity contribution in [1.82, 2.24) is 15.4 Å². The van der Waals surface area contributed by atoms with E-state index in [-0.39, 0.29) is 18.0 Å². The number of hydrogen-bond acceptors (Lipinski definition) is 8. The van der Waals surface area contributed by atoms with E-state index in [1.165, 1.54) is 12.3 Å². The van der Waals surface area contributed by atoms with Crippen LogP contribution in [-0.4, -0.2) is 66.3 Å². The quantitative estimate of drug-likeness (QED) is 0.553. The van der Waals surface area contributed by atoms with Gasteiger partial charge >= 0.3 is 5.82 Å². The number of nitro groups is 1. The van der Waals surface area contributed by atoms with Gasteiger partial charge in [0.15, 0.2) is 12.5 Å². The minimum Gasteiger partial charge on any atom is -0.366 e. The van der Waals surface area contributed by atoms with Gasteiger partial charge in [0.25, 0.3) is 0 Å². The van der Waals surface area contributed by atoms with E-state index in [1.54, 1.807) is 6.07 Å². The lowest BCUT2D eigenvalue weighted by atomic mass is 10.2. The number of piperazine rings is 1. The van der Waals surface area contributed by atoms with Gasteiger partial charge in [-0.15, -0.1) is 0 Å². The molecule has 10 nitrogen and oxygen atoms in total. The van der Waals surface area contributed by atoms with Crippen LogP contribution < -0.4 is 10.4 Å². The molecule has 1 atom stereocenters. The lowest BCUT2D eigenvalue weighted by molar-refractivity contribution is -0.389. The fourth-order valence-electron chi connectivity index (χ4n) is 3.15. The molecule has 1 aromatic rings. The van der Waals surface area contributed by atoms with Crippen LogP contribution in [0.2, 0.25) is 0 Å². The number of hydroxylamine groups is 1. The van der Waals surface area contributed by atoms with Crippen molar-refractivity contribution in [1.29, 1.82) is 0 Å². The summed E-state index contributed by atoms with van der Waals surface area (Å²) < 4.78 is 5.40. The first-order chi connectivity index (χ1) is 13.1. The van der Waals surface area contributed by atoms with Crippen LogP contribution in [0.4, 0.5) is 11.5 Å². The minimum atomic E-state index is -0.503. The highest BCUT2D eigenvalue weighted by molar-refractivity contribution is 5.74. The van der Waals surface area contributed by atoms with Crippen molar-refractivity contribution in [3.63, 3.8) is 0 Å². The summed E-state index contributed by atoms with van der Waals surface area (Å²) in [5.41, 5.74) is 3.35. The monoisotopic (exact) mass is 379 g/mol. The van der Waals surface area contributed by atoms with Crippen LogP contribution in [0, 0.1) is 10.1 Å². The molecule has 1 unspecified atom stereocenters. The van der Waals surface area contributed by atoms with E-state index in [1.807, 2.05) is 0 Å². The number of hydrogen-bond donors (Lipinski definition) is 1. The number of aromatic nitrogens is 1. The van der Waals surface area contributed by atoms with Gasteiger partial charge in [-0.1, -0.05) is 0 Å². The third-order valence-corrected chi connectivity index (χ3v) is 4.75. The molecule has 0 spiro atoms. The molecule has 2 aliphatic rings. The van der Waals surface area contributed by atoms with Crippen molar-refractivity contribution in [2.75, 3.05) is 44.2 Å². The Morgan fingerprint density at radius 1 is 1.33 bits per heavy atom. The van der Waals surface area contributed by atoms with E-state index in [2.05, 4.69) is 20.3 Å². The average Bonchev–Trinajstić information content (AvgIpc) is 2.72. The molecule has 148 valence electrons. The number of carbonyl (C=O) groups is 1. The van der Waals surface area contributed by atoms with Crippen LogP contribution in [0.25, 0.3) is 0 Å². The van der Waals surface area contributed by atoms with E-state index >= 15 is 0 Å². The number of carbonyl (C=O) groups excluding carboxylic acids is 1. The van der Waals surface area contributed by atoms with E-state index < -0.39 is 4.92 Å². The molecule has 0 aliphatic carbocycles. The van der Waals surface area contributed by atoms with Crippen molar-refractivity contribution < 1.29 is 19.3 Å². The van der Waals surface area contributed by atoms with Gasteiger partial charge in [0.05, 0.1) is 5.69 Å². The molecule has 0 radical (unpaired) electrons. The fourth-order valence-corrected chi connectivity index (χ4v) is 3.15. The SMILES string of the molecule is O=C(CCN1CCN(c2ccc([N+](=O)[O-])nc2)CC1)NOC1CCCCO1. The summed E-state index contributed by atoms with van der Waals surface area (Å²) in [6, 6.07) is 3.14. The fraction of sp³-hybridized carbons (Fsp3) is 0.647. The number of anilines is 1. The standard InChI is InChI=1S/C17H25N5O5/c23-16(19-27-17-3-1-2-12-26-17)6-7-20-8-10-21(11-9-20)14-4-5-15(18-13-14)22(24)25/h4-5,13,17H,1-3,6-12H2,(H,19,23). The number of pyridine rings is 1. The van der Waals surface area contributed by atoms with Crippen LogP contribution in [-0.2, 0) is 14.4 Å². The van der Waals surface area contributed by atoms with Gasteiger partial charge < -0.3 is 19.8 Å². The summed E-state index contributed by atoms with van der Waals surface area (Å²) in [7, 11) is 0. The lowest BCUT2D eigenvalue weighted by Crippen LogP contribution is -2.47. The van der Waals surface area contributed by atoms with Crippen molar-refractivity contribution in [2.24, 2.45) is 0 Å². The van der Waals surface area contributed by atoms with Crippen LogP contribution in [0.1, 0.15) is 25.7 Å². The molecular weight excluding hydrogens is 354 g/mol. The molecule has 1 N–H and O–H groups in total. The predicted molar refractivity (Wildman–Crippen MR) is 97.0 cm³/mol. The summed E-state index contributed by atoms with van der Waals surface area (Å²) >= 11 is 0. The smallest absolute Gasteiger partial charge is 0.363 e. The second kappa shape index (κ2) is 9.58. The van der Waals surface area contributed by atoms with Crippen molar-refractivity contribution in [3.8, 4) is 0 Å². The molecule has 2 saturated heterocycles. The highest BCUT2D eigenvalue weighted by atomic mass is 16.8. The third kappa shape index (κ3) is 5.84. The molecule has 27 heavy (non-hydrogen) atoms. The highest BCUT2D eigenvalue weighted by Gasteiger charge is 2.20. The Balaban J connectivity index is 1.34. The number of nitrogens with one attached hydrogen (secondary N) is 1. The highest BCUT2D eigenvalue weighted by Crippen LogP contribution is 2.18. The Hall–Kier alpha value is -2.30. The Kier molecular flexibility index (Phi) is 6.91. The van der Waals surface area contributed by atoms with Gasteiger partial charge in [0.2, 0.25) is 5.91 Å². The number of nitrogens with zero attached hydrogens (tertiary/aromatic N) is 4. The van der Waals surface area contributed by atoms with Crippen LogP contribution in [0.15, 0.2) is 18.3 Å². The average molecular weight is 379 g/mol.